The molecule has 1 amide bonds. The first-order chi connectivity index (χ1) is 10.0. The number of hydrogen-bond acceptors (Lipinski definition) is 3. The second-order valence-electron chi connectivity index (χ2n) is 6.63. The van der Waals surface area contributed by atoms with Crippen molar-refractivity contribution in [2.24, 2.45) is 17.8 Å². The number of carboxylic acid groups (broad SMARTS) is 1. The average Bonchev–Trinajstić information content (AvgIpc) is 3.12. The van der Waals surface area contributed by atoms with Crippen molar-refractivity contribution in [2.75, 3.05) is 19.6 Å². The SMILES string of the molecule is CCC1C[C@H](C(=O)NCC(C)N2CCCC2)[C@H](C(=O)O)C1. The molecule has 21 heavy (non-hydrogen) atoms. The van der Waals surface area contributed by atoms with Crippen molar-refractivity contribution < 1.29 is 14.7 Å². The number of rotatable bonds is 6. The molecule has 0 radical (unpaired) electrons. The van der Waals surface area contributed by atoms with Crippen molar-refractivity contribution in [3.63, 3.8) is 0 Å². The summed E-state index contributed by atoms with van der Waals surface area (Å²) in [6, 6.07) is 0.336. The smallest absolute Gasteiger partial charge is 0.307 e. The van der Waals surface area contributed by atoms with Crippen LogP contribution < -0.4 is 5.32 Å². The minimum absolute atomic E-state index is 0.0654. The lowest BCUT2D eigenvalue weighted by molar-refractivity contribution is -0.146. The van der Waals surface area contributed by atoms with Gasteiger partial charge in [0.15, 0.2) is 0 Å². The zero-order valence-corrected chi connectivity index (χ0v) is 13.2. The second-order valence-corrected chi connectivity index (χ2v) is 6.63. The van der Waals surface area contributed by atoms with E-state index in [0.717, 1.165) is 25.9 Å². The molecule has 0 bridgehead atoms. The Morgan fingerprint density at radius 3 is 2.43 bits per heavy atom. The van der Waals surface area contributed by atoms with E-state index >= 15 is 0 Å². The molecule has 2 aliphatic rings. The molecule has 2 N–H and O–H groups in total. The van der Waals surface area contributed by atoms with Crippen molar-refractivity contribution in [3.8, 4) is 0 Å². The molecule has 0 spiro atoms. The van der Waals surface area contributed by atoms with Gasteiger partial charge in [0.25, 0.3) is 0 Å². The molecule has 1 aliphatic carbocycles. The highest BCUT2D eigenvalue weighted by Crippen LogP contribution is 2.38. The number of nitrogens with one attached hydrogen (secondary N) is 1. The molecule has 120 valence electrons. The number of hydrogen-bond donors (Lipinski definition) is 2. The first kappa shape index (κ1) is 16.3. The van der Waals surface area contributed by atoms with Crippen molar-refractivity contribution in [3.05, 3.63) is 0 Å². The van der Waals surface area contributed by atoms with Crippen LogP contribution in [0.2, 0.25) is 0 Å². The molecule has 1 heterocycles. The van der Waals surface area contributed by atoms with Gasteiger partial charge in [0.1, 0.15) is 0 Å². The van der Waals surface area contributed by atoms with Crippen LogP contribution in [0.5, 0.6) is 0 Å². The third kappa shape index (κ3) is 3.96. The number of amides is 1. The fourth-order valence-corrected chi connectivity index (χ4v) is 3.73. The maximum absolute atomic E-state index is 12.3. The Balaban J connectivity index is 1.85. The molecule has 4 atom stereocenters. The molecule has 2 fully saturated rings. The van der Waals surface area contributed by atoms with Crippen LogP contribution in [-0.2, 0) is 9.59 Å². The number of carbonyl (C=O) groups is 2. The molecule has 0 aromatic carbocycles. The molecule has 0 aromatic heterocycles. The van der Waals surface area contributed by atoms with E-state index in [1.54, 1.807) is 0 Å². The van der Waals surface area contributed by atoms with Gasteiger partial charge < -0.3 is 10.4 Å². The van der Waals surface area contributed by atoms with E-state index in [4.69, 9.17) is 0 Å². The Morgan fingerprint density at radius 2 is 1.86 bits per heavy atom. The van der Waals surface area contributed by atoms with Crippen LogP contribution in [0.25, 0.3) is 0 Å². The summed E-state index contributed by atoms with van der Waals surface area (Å²) in [5, 5.41) is 12.3. The van der Waals surface area contributed by atoms with E-state index in [9.17, 15) is 14.7 Å². The minimum atomic E-state index is -0.821. The lowest BCUT2D eigenvalue weighted by Gasteiger charge is -2.25. The summed E-state index contributed by atoms with van der Waals surface area (Å²) in [6.45, 7) is 7.04. The largest absolute Gasteiger partial charge is 0.481 e. The van der Waals surface area contributed by atoms with Crippen LogP contribution in [0.15, 0.2) is 0 Å². The molecule has 5 heteroatoms. The fourth-order valence-electron chi connectivity index (χ4n) is 3.73. The fraction of sp³-hybridized carbons (Fsp3) is 0.875. The first-order valence-corrected chi connectivity index (χ1v) is 8.27. The Bertz CT molecular complexity index is 380. The van der Waals surface area contributed by atoms with Crippen molar-refractivity contribution in [1.82, 2.24) is 10.2 Å². The molecule has 0 aromatic rings. The standard InChI is InChI=1S/C16H28N2O3/c1-3-12-8-13(14(9-12)16(20)21)15(19)17-10-11(2)18-6-4-5-7-18/h11-14H,3-10H2,1-2H3,(H,17,19)(H,20,21)/t11?,12?,13-,14+/m0/s1. The van der Waals surface area contributed by atoms with Crippen LogP contribution in [0.1, 0.15) is 46.0 Å². The highest BCUT2D eigenvalue weighted by Gasteiger charge is 2.42. The van der Waals surface area contributed by atoms with Gasteiger partial charge >= 0.3 is 5.97 Å². The molecule has 5 nitrogen and oxygen atoms in total. The summed E-state index contributed by atoms with van der Waals surface area (Å²) < 4.78 is 0. The van der Waals surface area contributed by atoms with Crippen LogP contribution in [0, 0.1) is 17.8 Å². The Morgan fingerprint density at radius 1 is 1.24 bits per heavy atom. The van der Waals surface area contributed by atoms with Gasteiger partial charge in [-0.3, -0.25) is 14.5 Å². The van der Waals surface area contributed by atoms with Gasteiger partial charge in [-0.2, -0.15) is 0 Å². The van der Waals surface area contributed by atoms with Gasteiger partial charge in [0.2, 0.25) is 5.91 Å². The second kappa shape index (κ2) is 7.25. The molecular formula is C16H28N2O3. The van der Waals surface area contributed by atoms with E-state index in [2.05, 4.69) is 24.1 Å². The number of likely N-dealkylation sites (tertiary alicyclic amines) is 1. The summed E-state index contributed by atoms with van der Waals surface area (Å²) in [5.41, 5.74) is 0. The lowest BCUT2D eigenvalue weighted by atomic mass is 9.95. The third-order valence-electron chi connectivity index (χ3n) is 5.23. The van der Waals surface area contributed by atoms with Crippen molar-refractivity contribution >= 4 is 11.9 Å². The summed E-state index contributed by atoms with van der Waals surface area (Å²) in [4.78, 5) is 26.1. The van der Waals surface area contributed by atoms with E-state index in [1.807, 2.05) is 0 Å². The number of aliphatic carboxylic acids is 1. The van der Waals surface area contributed by atoms with Gasteiger partial charge in [-0.15, -0.1) is 0 Å². The Kier molecular flexibility index (Phi) is 5.62. The molecule has 2 unspecified atom stereocenters. The number of carboxylic acids is 1. The summed E-state index contributed by atoms with van der Waals surface area (Å²) in [6.07, 6.45) is 4.79. The maximum atomic E-state index is 12.3. The zero-order chi connectivity index (χ0) is 15.4. The molecule has 1 saturated heterocycles. The average molecular weight is 296 g/mol. The van der Waals surface area contributed by atoms with Crippen LogP contribution >= 0.6 is 0 Å². The van der Waals surface area contributed by atoms with Gasteiger partial charge in [0.05, 0.1) is 11.8 Å². The van der Waals surface area contributed by atoms with Crippen LogP contribution in [-0.4, -0.2) is 47.6 Å². The highest BCUT2D eigenvalue weighted by molar-refractivity contribution is 5.85. The molecular weight excluding hydrogens is 268 g/mol. The zero-order valence-electron chi connectivity index (χ0n) is 13.2. The normalized spacial score (nSPS) is 31.2. The van der Waals surface area contributed by atoms with E-state index < -0.39 is 11.9 Å². The van der Waals surface area contributed by atoms with Gasteiger partial charge in [-0.05, 0) is 51.6 Å². The predicted octanol–water partition coefficient (Wildman–Crippen LogP) is 1.72. The van der Waals surface area contributed by atoms with Gasteiger partial charge in [-0.1, -0.05) is 13.3 Å². The van der Waals surface area contributed by atoms with Crippen molar-refractivity contribution in [1.29, 1.82) is 0 Å². The summed E-state index contributed by atoms with van der Waals surface area (Å²) in [7, 11) is 0. The lowest BCUT2D eigenvalue weighted by Crippen LogP contribution is -2.43. The number of nitrogens with zero attached hydrogens (tertiary/aromatic N) is 1. The number of carbonyl (C=O) groups excluding carboxylic acids is 1. The maximum Gasteiger partial charge on any atom is 0.307 e. The Labute approximate surface area is 127 Å². The molecule has 2 rings (SSSR count). The van der Waals surface area contributed by atoms with Gasteiger partial charge in [0, 0.05) is 12.6 Å². The predicted molar refractivity (Wildman–Crippen MR) is 80.9 cm³/mol. The van der Waals surface area contributed by atoms with Crippen molar-refractivity contribution in [2.45, 2.75) is 52.0 Å². The third-order valence-corrected chi connectivity index (χ3v) is 5.23. The van der Waals surface area contributed by atoms with Crippen LogP contribution in [0.4, 0.5) is 0 Å². The Hall–Kier alpha value is -1.10. The highest BCUT2D eigenvalue weighted by atomic mass is 16.4. The summed E-state index contributed by atoms with van der Waals surface area (Å²) in [5.74, 6) is -1.36. The monoisotopic (exact) mass is 296 g/mol. The summed E-state index contributed by atoms with van der Waals surface area (Å²) >= 11 is 0. The van der Waals surface area contributed by atoms with Crippen LogP contribution in [0.3, 0.4) is 0 Å². The van der Waals surface area contributed by atoms with E-state index in [1.165, 1.54) is 12.8 Å². The first-order valence-electron chi connectivity index (χ1n) is 8.27. The quantitative estimate of drug-likeness (QED) is 0.783. The molecule has 1 aliphatic heterocycles. The van der Waals surface area contributed by atoms with E-state index in [-0.39, 0.29) is 11.8 Å². The minimum Gasteiger partial charge on any atom is -0.481 e. The topological polar surface area (TPSA) is 69.6 Å². The van der Waals surface area contributed by atoms with E-state index in [0.29, 0.717) is 24.9 Å². The van der Waals surface area contributed by atoms with Gasteiger partial charge in [-0.25, -0.2) is 0 Å². The molecule has 1 saturated carbocycles.